The van der Waals surface area contributed by atoms with E-state index < -0.39 is 10.8 Å². The van der Waals surface area contributed by atoms with Crippen LogP contribution in [0.4, 0.5) is 10.8 Å². The lowest BCUT2D eigenvalue weighted by Gasteiger charge is -1.99. The monoisotopic (exact) mass is 365 g/mol. The Morgan fingerprint density at radius 2 is 1.85 bits per heavy atom. The van der Waals surface area contributed by atoms with Gasteiger partial charge in [0.05, 0.1) is 15.1 Å². The Hall–Kier alpha value is -3.52. The maximum absolute atomic E-state index is 12.4. The summed E-state index contributed by atoms with van der Waals surface area (Å²) in [6.07, 6.45) is 0. The quantitative estimate of drug-likeness (QED) is 0.417. The number of thiazole rings is 1. The summed E-state index contributed by atoms with van der Waals surface area (Å²) < 4.78 is 6.55. The van der Waals surface area contributed by atoms with Crippen LogP contribution in [-0.2, 0) is 0 Å². The lowest BCUT2D eigenvalue weighted by molar-refractivity contribution is -0.384. The molecule has 0 radical (unpaired) electrons. The number of carbonyl (C=O) groups excluding carboxylic acids is 1. The molecule has 0 unspecified atom stereocenters. The van der Waals surface area contributed by atoms with Crippen molar-refractivity contribution in [3.63, 3.8) is 0 Å². The molecular weight excluding hydrogens is 354 g/mol. The molecule has 26 heavy (non-hydrogen) atoms. The number of hydrogen-bond donors (Lipinski definition) is 1. The Morgan fingerprint density at radius 1 is 1.08 bits per heavy atom. The van der Waals surface area contributed by atoms with Gasteiger partial charge in [-0.1, -0.05) is 23.5 Å². The predicted octanol–water partition coefficient (Wildman–Crippen LogP) is 4.72. The Kier molecular flexibility index (Phi) is 3.94. The summed E-state index contributed by atoms with van der Waals surface area (Å²) in [5.41, 5.74) is 1.46. The number of nitro groups is 1. The molecule has 2 aromatic carbocycles. The van der Waals surface area contributed by atoms with Crippen molar-refractivity contribution >= 4 is 38.3 Å². The fourth-order valence-corrected chi connectivity index (χ4v) is 3.31. The topological polar surface area (TPSA) is 98.3 Å². The SMILES string of the molecule is O=C(Nc1nc2ccccc2s1)c1ccc(-c2ccc([N+](=O)[O-])cc2)o1. The van der Waals surface area contributed by atoms with Crippen molar-refractivity contribution in [3.8, 4) is 11.3 Å². The van der Waals surface area contributed by atoms with Crippen molar-refractivity contribution in [1.82, 2.24) is 4.98 Å². The minimum Gasteiger partial charge on any atom is -0.451 e. The molecular formula is C18H11N3O4S. The lowest BCUT2D eigenvalue weighted by atomic mass is 10.1. The van der Waals surface area contributed by atoms with Gasteiger partial charge >= 0.3 is 0 Å². The first-order valence-electron chi connectivity index (χ1n) is 7.62. The molecule has 0 atom stereocenters. The van der Waals surface area contributed by atoms with Gasteiger partial charge < -0.3 is 4.42 Å². The Morgan fingerprint density at radius 3 is 2.58 bits per heavy atom. The highest BCUT2D eigenvalue weighted by Gasteiger charge is 2.15. The van der Waals surface area contributed by atoms with E-state index >= 15 is 0 Å². The van der Waals surface area contributed by atoms with Crippen LogP contribution in [-0.4, -0.2) is 15.8 Å². The minimum absolute atomic E-state index is 0.00546. The molecule has 0 bridgehead atoms. The van der Waals surface area contributed by atoms with Gasteiger partial charge in [-0.25, -0.2) is 4.98 Å². The van der Waals surface area contributed by atoms with E-state index in [1.807, 2.05) is 24.3 Å². The van der Waals surface area contributed by atoms with E-state index in [4.69, 9.17) is 4.42 Å². The van der Waals surface area contributed by atoms with Crippen LogP contribution in [0.5, 0.6) is 0 Å². The van der Waals surface area contributed by atoms with Crippen LogP contribution in [0.15, 0.2) is 65.1 Å². The summed E-state index contributed by atoms with van der Waals surface area (Å²) in [4.78, 5) is 26.9. The van der Waals surface area contributed by atoms with Gasteiger partial charge in [-0.2, -0.15) is 0 Å². The van der Waals surface area contributed by atoms with E-state index in [2.05, 4.69) is 10.3 Å². The normalized spacial score (nSPS) is 10.8. The highest BCUT2D eigenvalue weighted by Crippen LogP contribution is 2.27. The van der Waals surface area contributed by atoms with E-state index in [1.165, 1.54) is 23.5 Å². The molecule has 2 aromatic heterocycles. The van der Waals surface area contributed by atoms with E-state index in [1.54, 1.807) is 24.3 Å². The highest BCUT2D eigenvalue weighted by atomic mass is 32.1. The van der Waals surface area contributed by atoms with Crippen molar-refractivity contribution in [3.05, 3.63) is 76.5 Å². The molecule has 0 spiro atoms. The molecule has 0 fully saturated rings. The van der Waals surface area contributed by atoms with Crippen LogP contribution in [0.3, 0.4) is 0 Å². The minimum atomic E-state index is -0.469. The second-order valence-corrected chi connectivity index (χ2v) is 6.44. The molecule has 2 heterocycles. The lowest BCUT2D eigenvalue weighted by Crippen LogP contribution is -2.10. The number of amides is 1. The first kappa shape index (κ1) is 16.0. The fourth-order valence-electron chi connectivity index (χ4n) is 2.45. The zero-order valence-corrected chi connectivity index (χ0v) is 14.0. The second kappa shape index (κ2) is 6.41. The molecule has 7 nitrogen and oxygen atoms in total. The van der Waals surface area contributed by atoms with Gasteiger partial charge in [0.2, 0.25) is 0 Å². The van der Waals surface area contributed by atoms with E-state index in [9.17, 15) is 14.9 Å². The van der Waals surface area contributed by atoms with Crippen molar-refractivity contribution in [2.45, 2.75) is 0 Å². The highest BCUT2D eigenvalue weighted by molar-refractivity contribution is 7.22. The van der Waals surface area contributed by atoms with E-state index in [-0.39, 0.29) is 11.4 Å². The van der Waals surface area contributed by atoms with Crippen LogP contribution in [0.25, 0.3) is 21.5 Å². The molecule has 0 aliphatic rings. The second-order valence-electron chi connectivity index (χ2n) is 5.41. The number of para-hydroxylation sites is 1. The maximum atomic E-state index is 12.4. The van der Waals surface area contributed by atoms with E-state index in [0.717, 1.165) is 10.2 Å². The summed E-state index contributed by atoms with van der Waals surface area (Å²) >= 11 is 1.38. The van der Waals surface area contributed by atoms with E-state index in [0.29, 0.717) is 16.5 Å². The summed E-state index contributed by atoms with van der Waals surface area (Å²) in [5.74, 6) is 0.184. The van der Waals surface area contributed by atoms with Gasteiger partial charge in [0.25, 0.3) is 11.6 Å². The van der Waals surface area contributed by atoms with Crippen LogP contribution in [0, 0.1) is 10.1 Å². The largest absolute Gasteiger partial charge is 0.451 e. The number of anilines is 1. The molecule has 4 rings (SSSR count). The first-order valence-corrected chi connectivity index (χ1v) is 8.43. The van der Waals surface area contributed by atoms with Crippen molar-refractivity contribution < 1.29 is 14.1 Å². The first-order chi connectivity index (χ1) is 12.6. The Labute approximate surface area is 151 Å². The summed E-state index contributed by atoms with van der Waals surface area (Å²) in [6, 6.07) is 16.7. The van der Waals surface area contributed by atoms with Gasteiger partial charge in [-0.15, -0.1) is 0 Å². The fraction of sp³-hybridized carbons (Fsp3) is 0. The molecule has 4 aromatic rings. The van der Waals surface area contributed by atoms with Crippen molar-refractivity contribution in [1.29, 1.82) is 0 Å². The number of hydrogen-bond acceptors (Lipinski definition) is 6. The maximum Gasteiger partial charge on any atom is 0.293 e. The third kappa shape index (κ3) is 3.05. The number of carbonyl (C=O) groups is 1. The molecule has 0 aliphatic carbocycles. The van der Waals surface area contributed by atoms with Crippen LogP contribution in [0.1, 0.15) is 10.6 Å². The number of aromatic nitrogens is 1. The van der Waals surface area contributed by atoms with Gasteiger partial charge in [0.15, 0.2) is 10.9 Å². The zero-order valence-electron chi connectivity index (χ0n) is 13.2. The number of benzene rings is 2. The third-order valence-corrected chi connectivity index (χ3v) is 4.66. The van der Waals surface area contributed by atoms with Crippen LogP contribution in [0.2, 0.25) is 0 Å². The summed E-state index contributed by atoms with van der Waals surface area (Å²) in [7, 11) is 0. The smallest absolute Gasteiger partial charge is 0.293 e. The molecule has 0 saturated heterocycles. The standard InChI is InChI=1S/C18H11N3O4S/c22-17(20-18-19-13-3-1-2-4-16(13)26-18)15-10-9-14(25-15)11-5-7-12(8-6-11)21(23)24/h1-10H,(H,19,20,22). The van der Waals surface area contributed by atoms with Gasteiger partial charge in [-0.3, -0.25) is 20.2 Å². The number of furan rings is 1. The Balaban J connectivity index is 1.53. The molecule has 1 amide bonds. The molecule has 0 aliphatic heterocycles. The van der Waals surface area contributed by atoms with Gasteiger partial charge in [0, 0.05) is 17.7 Å². The average Bonchev–Trinajstić information content (AvgIpc) is 3.28. The predicted molar refractivity (Wildman–Crippen MR) is 98.4 cm³/mol. The molecule has 1 N–H and O–H groups in total. The van der Waals surface area contributed by atoms with Crippen molar-refractivity contribution in [2.24, 2.45) is 0 Å². The molecule has 8 heteroatoms. The number of nitrogens with one attached hydrogen (secondary N) is 1. The Bertz CT molecular complexity index is 1080. The number of nitrogens with zero attached hydrogens (tertiary/aromatic N) is 2. The van der Waals surface area contributed by atoms with Gasteiger partial charge in [-0.05, 0) is 36.4 Å². The molecule has 0 saturated carbocycles. The number of non-ortho nitro benzene ring substituents is 1. The molecule has 128 valence electrons. The summed E-state index contributed by atoms with van der Waals surface area (Å²) in [6.45, 7) is 0. The number of rotatable bonds is 4. The average molecular weight is 365 g/mol. The number of nitro benzene ring substituents is 1. The summed E-state index contributed by atoms with van der Waals surface area (Å²) in [5, 5.41) is 13.9. The van der Waals surface area contributed by atoms with Crippen LogP contribution < -0.4 is 5.32 Å². The van der Waals surface area contributed by atoms with Crippen LogP contribution >= 0.6 is 11.3 Å². The van der Waals surface area contributed by atoms with Gasteiger partial charge in [0.1, 0.15) is 5.76 Å². The van der Waals surface area contributed by atoms with Crippen molar-refractivity contribution in [2.75, 3.05) is 5.32 Å². The third-order valence-electron chi connectivity index (χ3n) is 3.71. The zero-order chi connectivity index (χ0) is 18.1. The number of fused-ring (bicyclic) bond motifs is 1.